The number of pyridine rings is 1. The zero-order valence-corrected chi connectivity index (χ0v) is 15.7. The summed E-state index contributed by atoms with van der Waals surface area (Å²) in [5, 5.41) is 9.21. The van der Waals surface area contributed by atoms with Crippen molar-refractivity contribution in [2.45, 2.75) is 39.4 Å². The lowest BCUT2D eigenvalue weighted by Crippen LogP contribution is -2.21. The van der Waals surface area contributed by atoms with Crippen molar-refractivity contribution in [2.24, 2.45) is 0 Å². The molecule has 25 heavy (non-hydrogen) atoms. The first-order valence-electron chi connectivity index (χ1n) is 7.67. The smallest absolute Gasteiger partial charge is 0.396 e. The van der Waals surface area contributed by atoms with Crippen LogP contribution in [0.1, 0.15) is 37.9 Å². The molecule has 0 aliphatic carbocycles. The van der Waals surface area contributed by atoms with Crippen molar-refractivity contribution in [1.29, 1.82) is 0 Å². The van der Waals surface area contributed by atoms with Gasteiger partial charge >= 0.3 is 6.18 Å². The quantitative estimate of drug-likeness (QED) is 0.361. The first-order chi connectivity index (χ1) is 11.8. The summed E-state index contributed by atoms with van der Waals surface area (Å²) in [6.45, 7) is 3.90. The van der Waals surface area contributed by atoms with Gasteiger partial charge in [0.05, 0.1) is 6.54 Å². The minimum atomic E-state index is -4.49. The van der Waals surface area contributed by atoms with Crippen LogP contribution < -0.4 is 0 Å². The third kappa shape index (κ3) is 7.29. The Morgan fingerprint density at radius 1 is 1.40 bits per heavy atom. The van der Waals surface area contributed by atoms with Gasteiger partial charge in [0.1, 0.15) is 5.69 Å². The van der Waals surface area contributed by atoms with Crippen molar-refractivity contribution < 1.29 is 23.1 Å². The Morgan fingerprint density at radius 2 is 2.12 bits per heavy atom. The van der Waals surface area contributed by atoms with Crippen LogP contribution in [0.3, 0.4) is 0 Å². The molecule has 0 atom stereocenters. The van der Waals surface area contributed by atoms with Crippen LogP contribution in [-0.4, -0.2) is 33.8 Å². The molecule has 1 aromatic rings. The summed E-state index contributed by atoms with van der Waals surface area (Å²) in [5.41, 5.74) is 0.209. The first-order valence-corrected chi connectivity index (χ1v) is 9.99. The van der Waals surface area contributed by atoms with Crippen molar-refractivity contribution in [3.05, 3.63) is 40.2 Å². The minimum Gasteiger partial charge on any atom is -0.396 e. The second-order valence-corrected chi connectivity index (χ2v) is 7.68. The van der Waals surface area contributed by atoms with E-state index in [2.05, 4.69) is 11.9 Å². The number of alkyl halides is 3. The highest BCUT2D eigenvalue weighted by Gasteiger charge is 2.32. The number of carbonyl (C=O) groups excluding carboxylic acids is 1. The first kappa shape index (κ1) is 21.9. The summed E-state index contributed by atoms with van der Waals surface area (Å²) >= 11 is 0. The van der Waals surface area contributed by atoms with Crippen molar-refractivity contribution in [3.8, 4) is 0 Å². The Hall–Kier alpha value is -1.19. The fraction of sp³-hybridized carbons (Fsp3) is 0.500. The fourth-order valence-electron chi connectivity index (χ4n) is 1.86. The summed E-state index contributed by atoms with van der Waals surface area (Å²) < 4.78 is 37.6. The molecule has 0 saturated carbocycles. The van der Waals surface area contributed by atoms with Crippen molar-refractivity contribution in [3.63, 3.8) is 0 Å². The van der Waals surface area contributed by atoms with Gasteiger partial charge in [-0.2, -0.15) is 13.2 Å². The average Bonchev–Trinajstić information content (AvgIpc) is 2.58. The van der Waals surface area contributed by atoms with Gasteiger partial charge in [0, 0.05) is 35.6 Å². The predicted octanol–water partition coefficient (Wildman–Crippen LogP) is 4.46. The van der Waals surface area contributed by atoms with Crippen LogP contribution in [-0.2, 0) is 17.5 Å². The molecule has 1 heterocycles. The van der Waals surface area contributed by atoms with Gasteiger partial charge in [0.2, 0.25) is 6.41 Å². The molecule has 0 bridgehead atoms. The Morgan fingerprint density at radius 3 is 2.60 bits per heavy atom. The molecule has 0 radical (unpaired) electrons. The van der Waals surface area contributed by atoms with Gasteiger partial charge in [0.25, 0.3) is 0 Å². The van der Waals surface area contributed by atoms with E-state index in [9.17, 15) is 23.1 Å². The molecule has 140 valence electrons. The maximum atomic E-state index is 12.5. The van der Waals surface area contributed by atoms with E-state index < -0.39 is 11.9 Å². The maximum absolute atomic E-state index is 12.5. The number of halogens is 3. The summed E-state index contributed by atoms with van der Waals surface area (Å²) in [7, 11) is 3.15. The predicted molar refractivity (Wildman–Crippen MR) is 95.6 cm³/mol. The molecule has 0 saturated heterocycles. The van der Waals surface area contributed by atoms with Crippen LogP contribution in [0.4, 0.5) is 13.2 Å². The van der Waals surface area contributed by atoms with Gasteiger partial charge in [-0.3, -0.25) is 9.78 Å². The summed E-state index contributed by atoms with van der Waals surface area (Å²) in [6, 6.07) is 2.21. The summed E-state index contributed by atoms with van der Waals surface area (Å²) in [4.78, 5) is 17.1. The van der Waals surface area contributed by atoms with Crippen LogP contribution in [0.25, 0.3) is 0 Å². The lowest BCUT2D eigenvalue weighted by molar-refractivity contribution is -0.141. The van der Waals surface area contributed by atoms with Gasteiger partial charge < -0.3 is 10.0 Å². The fourth-order valence-corrected chi connectivity index (χ4v) is 4.45. The second kappa shape index (κ2) is 10.7. The molecule has 1 N–H and O–H groups in total. The van der Waals surface area contributed by atoms with Gasteiger partial charge in [-0.05, 0) is 25.0 Å². The van der Waals surface area contributed by atoms with Gasteiger partial charge in [-0.15, -0.1) is 0 Å². The third-order valence-corrected chi connectivity index (χ3v) is 6.07. The third-order valence-electron chi connectivity index (χ3n) is 3.22. The zero-order chi connectivity index (χ0) is 18.9. The SMILES string of the molecule is CCCSS/C(CCO)=C(/C)N(C=O)Cc1ccc(C(F)(F)F)nc1. The topological polar surface area (TPSA) is 53.4 Å². The highest BCUT2D eigenvalue weighted by atomic mass is 33.1. The minimum absolute atomic E-state index is 0.0408. The van der Waals surface area contributed by atoms with E-state index >= 15 is 0 Å². The number of hydrogen-bond acceptors (Lipinski definition) is 5. The number of aliphatic hydroxyl groups excluding tert-OH is 1. The maximum Gasteiger partial charge on any atom is 0.433 e. The van der Waals surface area contributed by atoms with Gasteiger partial charge in [-0.25, -0.2) is 0 Å². The number of allylic oxidation sites excluding steroid dienone is 1. The van der Waals surface area contributed by atoms with Gasteiger partial charge in [0.15, 0.2) is 0 Å². The highest BCUT2D eigenvalue weighted by molar-refractivity contribution is 8.78. The van der Waals surface area contributed by atoms with Crippen LogP contribution in [0.15, 0.2) is 28.9 Å². The van der Waals surface area contributed by atoms with E-state index in [1.807, 2.05) is 0 Å². The van der Waals surface area contributed by atoms with E-state index in [-0.39, 0.29) is 13.2 Å². The number of nitrogens with zero attached hydrogens (tertiary/aromatic N) is 2. The molecule has 0 unspecified atom stereocenters. The molecule has 0 fully saturated rings. The highest BCUT2D eigenvalue weighted by Crippen LogP contribution is 2.35. The molecule has 0 spiro atoms. The van der Waals surface area contributed by atoms with Crippen LogP contribution in [0, 0.1) is 0 Å². The molecule has 0 aliphatic heterocycles. The van der Waals surface area contributed by atoms with E-state index in [4.69, 9.17) is 0 Å². The Bertz CT molecular complexity index is 578. The van der Waals surface area contributed by atoms with Crippen LogP contribution in [0.5, 0.6) is 0 Å². The number of aliphatic hydroxyl groups is 1. The summed E-state index contributed by atoms with van der Waals surface area (Å²) in [6.07, 6.45) is -1.30. The largest absolute Gasteiger partial charge is 0.433 e. The van der Waals surface area contributed by atoms with Gasteiger partial charge in [-0.1, -0.05) is 34.6 Å². The standard InChI is InChI=1S/C16H21F3N2O2S2/c1-3-8-24-25-14(6-7-22)12(2)21(11-23)10-13-4-5-15(20-9-13)16(17,18)19/h4-5,9,11,22H,3,6-8,10H2,1-2H3/b14-12-. The molecule has 1 rings (SSSR count). The van der Waals surface area contributed by atoms with E-state index in [0.29, 0.717) is 24.1 Å². The summed E-state index contributed by atoms with van der Waals surface area (Å²) in [5.74, 6) is 0.941. The monoisotopic (exact) mass is 394 g/mol. The number of carbonyl (C=O) groups is 1. The molecule has 1 amide bonds. The van der Waals surface area contributed by atoms with E-state index in [0.717, 1.165) is 29.3 Å². The number of amides is 1. The Labute approximate surface area is 153 Å². The Kier molecular flexibility index (Phi) is 9.37. The van der Waals surface area contributed by atoms with Crippen LogP contribution >= 0.6 is 21.6 Å². The van der Waals surface area contributed by atoms with Crippen LogP contribution in [0.2, 0.25) is 0 Å². The molecule has 9 heteroatoms. The molecule has 0 aliphatic rings. The van der Waals surface area contributed by atoms with Crippen molar-refractivity contribution in [2.75, 3.05) is 12.4 Å². The average molecular weight is 394 g/mol. The lowest BCUT2D eigenvalue weighted by Gasteiger charge is -2.21. The molecule has 1 aromatic heterocycles. The van der Waals surface area contributed by atoms with E-state index in [1.165, 1.54) is 21.8 Å². The number of aromatic nitrogens is 1. The molecular weight excluding hydrogens is 373 g/mol. The molecule has 4 nitrogen and oxygen atoms in total. The Balaban J connectivity index is 2.90. The normalized spacial score (nSPS) is 12.7. The number of hydrogen-bond donors (Lipinski definition) is 1. The second-order valence-electron chi connectivity index (χ2n) is 5.17. The van der Waals surface area contributed by atoms with Crippen molar-refractivity contribution in [1.82, 2.24) is 9.88 Å². The number of rotatable bonds is 10. The van der Waals surface area contributed by atoms with E-state index in [1.54, 1.807) is 17.7 Å². The molecule has 0 aromatic carbocycles. The van der Waals surface area contributed by atoms with Crippen molar-refractivity contribution >= 4 is 28.0 Å². The molecular formula is C16H21F3N2O2S2. The lowest BCUT2D eigenvalue weighted by atomic mass is 10.2. The zero-order valence-electron chi connectivity index (χ0n) is 14.0.